The number of carbonyl (C=O) groups is 1. The van der Waals surface area contributed by atoms with E-state index in [4.69, 9.17) is 0 Å². The van der Waals surface area contributed by atoms with E-state index in [9.17, 15) is 13.6 Å². The first kappa shape index (κ1) is 15.7. The minimum absolute atomic E-state index is 0.196. The van der Waals surface area contributed by atoms with Gasteiger partial charge in [-0.15, -0.1) is 0 Å². The molecule has 0 bridgehead atoms. The average molecular weight is 354 g/mol. The Morgan fingerprint density at radius 1 is 0.880 bits per heavy atom. The lowest BCUT2D eigenvalue weighted by Gasteiger charge is -2.31. The Morgan fingerprint density at radius 3 is 2.12 bits per heavy atom. The molecule has 124 valence electrons. The van der Waals surface area contributed by atoms with Crippen molar-refractivity contribution in [2.75, 3.05) is 10.2 Å². The Labute approximate surface area is 147 Å². The molecule has 1 aliphatic rings. The van der Waals surface area contributed by atoms with Gasteiger partial charge in [0.15, 0.2) is 0 Å². The van der Waals surface area contributed by atoms with Gasteiger partial charge in [-0.1, -0.05) is 36.0 Å². The fourth-order valence-electron chi connectivity index (χ4n) is 2.69. The fraction of sp³-hybridized carbons (Fsp3) is 0. The highest BCUT2D eigenvalue weighted by Crippen LogP contribution is 2.48. The van der Waals surface area contributed by atoms with Gasteiger partial charge < -0.3 is 5.32 Å². The zero-order valence-corrected chi connectivity index (χ0v) is 13.7. The van der Waals surface area contributed by atoms with Crippen LogP contribution in [0, 0.1) is 11.6 Å². The summed E-state index contributed by atoms with van der Waals surface area (Å²) < 4.78 is 27.3. The summed E-state index contributed by atoms with van der Waals surface area (Å²) in [6, 6.07) is 17.3. The summed E-state index contributed by atoms with van der Waals surface area (Å²) in [6.07, 6.45) is 0. The fourth-order valence-corrected chi connectivity index (χ4v) is 3.75. The van der Waals surface area contributed by atoms with Crippen LogP contribution in [0.3, 0.4) is 0 Å². The second kappa shape index (κ2) is 6.22. The van der Waals surface area contributed by atoms with Crippen LogP contribution < -0.4 is 10.2 Å². The zero-order chi connectivity index (χ0) is 17.4. The van der Waals surface area contributed by atoms with Crippen LogP contribution >= 0.6 is 11.8 Å². The number of carbonyl (C=O) groups excluding carboxylic acids is 1. The number of fused-ring (bicyclic) bond motifs is 2. The lowest BCUT2D eigenvalue weighted by Crippen LogP contribution is -2.33. The van der Waals surface area contributed by atoms with Crippen LogP contribution in [0.4, 0.5) is 30.6 Å². The van der Waals surface area contributed by atoms with Crippen LogP contribution in [-0.2, 0) is 0 Å². The summed E-state index contributed by atoms with van der Waals surface area (Å²) >= 11 is 1.56. The molecule has 0 radical (unpaired) electrons. The molecule has 1 aliphatic heterocycles. The van der Waals surface area contributed by atoms with Crippen LogP contribution in [-0.4, -0.2) is 6.03 Å². The smallest absolute Gasteiger partial charge is 0.304 e. The third-order valence-corrected chi connectivity index (χ3v) is 4.94. The molecule has 4 rings (SSSR count). The SMILES string of the molecule is O=C(Nc1cc(F)ccc1F)N1c2ccccc2Sc2ccccc21. The number of nitrogens with zero attached hydrogens (tertiary/aromatic N) is 1. The van der Waals surface area contributed by atoms with Crippen molar-refractivity contribution >= 4 is 34.9 Å². The number of nitrogens with one attached hydrogen (secondary N) is 1. The van der Waals surface area contributed by atoms with E-state index in [1.165, 1.54) is 4.90 Å². The number of benzene rings is 3. The third-order valence-electron chi connectivity index (χ3n) is 3.81. The number of amides is 2. The van der Waals surface area contributed by atoms with Crippen molar-refractivity contribution < 1.29 is 13.6 Å². The highest BCUT2D eigenvalue weighted by atomic mass is 32.2. The summed E-state index contributed by atoms with van der Waals surface area (Å²) in [5, 5.41) is 2.47. The van der Waals surface area contributed by atoms with E-state index in [0.717, 1.165) is 28.0 Å². The Hall–Kier alpha value is -2.86. The van der Waals surface area contributed by atoms with Gasteiger partial charge in [0.25, 0.3) is 0 Å². The average Bonchev–Trinajstić information content (AvgIpc) is 2.62. The molecule has 3 aromatic carbocycles. The maximum Gasteiger partial charge on any atom is 0.331 e. The number of anilines is 3. The normalized spacial score (nSPS) is 12.3. The van der Waals surface area contributed by atoms with Crippen molar-refractivity contribution in [3.05, 3.63) is 78.4 Å². The minimum Gasteiger partial charge on any atom is -0.304 e. The number of hydrogen-bond acceptors (Lipinski definition) is 2. The molecule has 2 amide bonds. The van der Waals surface area contributed by atoms with Crippen molar-refractivity contribution in [1.82, 2.24) is 0 Å². The standard InChI is InChI=1S/C19H12F2N2OS/c20-12-9-10-13(21)14(11-12)22-19(24)23-15-5-1-3-7-17(15)25-18-8-4-2-6-16(18)23/h1-11H,(H,22,24). The van der Waals surface area contributed by atoms with Gasteiger partial charge in [0.1, 0.15) is 11.6 Å². The number of halogens is 2. The van der Waals surface area contributed by atoms with Gasteiger partial charge in [0.05, 0.1) is 17.1 Å². The topological polar surface area (TPSA) is 32.3 Å². The molecule has 0 unspecified atom stereocenters. The minimum atomic E-state index is -0.692. The van der Waals surface area contributed by atoms with Gasteiger partial charge in [-0.3, -0.25) is 4.90 Å². The predicted molar refractivity (Wildman–Crippen MR) is 94.5 cm³/mol. The van der Waals surface area contributed by atoms with Gasteiger partial charge in [0, 0.05) is 15.9 Å². The quantitative estimate of drug-likeness (QED) is 0.599. The number of urea groups is 1. The van der Waals surface area contributed by atoms with Gasteiger partial charge in [-0.25, -0.2) is 13.6 Å². The lowest BCUT2D eigenvalue weighted by molar-refractivity contribution is 0.258. The summed E-state index contributed by atoms with van der Waals surface area (Å²) in [5.74, 6) is -1.31. The van der Waals surface area contributed by atoms with E-state index in [-0.39, 0.29) is 5.69 Å². The molecule has 0 aromatic heterocycles. The van der Waals surface area contributed by atoms with Crippen molar-refractivity contribution in [3.63, 3.8) is 0 Å². The van der Waals surface area contributed by atoms with E-state index < -0.39 is 17.7 Å². The van der Waals surface area contributed by atoms with Crippen molar-refractivity contribution in [2.45, 2.75) is 9.79 Å². The van der Waals surface area contributed by atoms with Crippen LogP contribution in [0.25, 0.3) is 0 Å². The molecule has 1 N–H and O–H groups in total. The van der Waals surface area contributed by atoms with Crippen LogP contribution in [0.2, 0.25) is 0 Å². The highest BCUT2D eigenvalue weighted by Gasteiger charge is 2.28. The summed E-state index contributed by atoms with van der Waals surface area (Å²) in [6.45, 7) is 0. The van der Waals surface area contributed by atoms with Crippen LogP contribution in [0.15, 0.2) is 76.5 Å². The molecule has 0 aliphatic carbocycles. The van der Waals surface area contributed by atoms with Gasteiger partial charge in [-0.2, -0.15) is 0 Å². The maximum absolute atomic E-state index is 13.9. The zero-order valence-electron chi connectivity index (χ0n) is 12.9. The molecule has 3 aromatic rings. The van der Waals surface area contributed by atoms with E-state index >= 15 is 0 Å². The largest absolute Gasteiger partial charge is 0.331 e. The van der Waals surface area contributed by atoms with E-state index in [0.29, 0.717) is 11.4 Å². The molecular formula is C19H12F2N2OS. The number of para-hydroxylation sites is 2. The lowest BCUT2D eigenvalue weighted by atomic mass is 10.2. The van der Waals surface area contributed by atoms with E-state index in [1.54, 1.807) is 11.8 Å². The molecule has 6 heteroatoms. The van der Waals surface area contributed by atoms with Crippen molar-refractivity contribution in [2.24, 2.45) is 0 Å². The Kier molecular flexibility index (Phi) is 3.89. The molecular weight excluding hydrogens is 342 g/mol. The second-order valence-corrected chi connectivity index (χ2v) is 6.51. The Morgan fingerprint density at radius 2 is 1.48 bits per heavy atom. The van der Waals surface area contributed by atoms with Gasteiger partial charge >= 0.3 is 6.03 Å². The molecule has 0 spiro atoms. The number of rotatable bonds is 1. The molecule has 0 saturated heterocycles. The molecule has 0 saturated carbocycles. The summed E-state index contributed by atoms with van der Waals surface area (Å²) in [7, 11) is 0. The first-order valence-electron chi connectivity index (χ1n) is 7.55. The molecule has 0 atom stereocenters. The van der Waals surface area contributed by atoms with E-state index in [2.05, 4.69) is 5.32 Å². The molecule has 1 heterocycles. The first-order valence-corrected chi connectivity index (χ1v) is 8.37. The molecule has 25 heavy (non-hydrogen) atoms. The second-order valence-electron chi connectivity index (χ2n) is 5.43. The molecule has 3 nitrogen and oxygen atoms in total. The van der Waals surface area contributed by atoms with Crippen molar-refractivity contribution in [1.29, 1.82) is 0 Å². The Bertz CT molecular complexity index is 932. The number of hydrogen-bond donors (Lipinski definition) is 1. The molecule has 0 fully saturated rings. The van der Waals surface area contributed by atoms with Crippen molar-refractivity contribution in [3.8, 4) is 0 Å². The predicted octanol–water partition coefficient (Wildman–Crippen LogP) is 5.80. The first-order chi connectivity index (χ1) is 12.1. The highest BCUT2D eigenvalue weighted by molar-refractivity contribution is 7.99. The van der Waals surface area contributed by atoms with Crippen LogP contribution in [0.1, 0.15) is 0 Å². The van der Waals surface area contributed by atoms with Gasteiger partial charge in [0.2, 0.25) is 0 Å². The summed E-state index contributed by atoms with van der Waals surface area (Å²) in [5.41, 5.74) is 1.19. The van der Waals surface area contributed by atoms with Crippen LogP contribution in [0.5, 0.6) is 0 Å². The monoisotopic (exact) mass is 354 g/mol. The maximum atomic E-state index is 13.9. The van der Waals surface area contributed by atoms with E-state index in [1.807, 2.05) is 48.5 Å². The Balaban J connectivity index is 1.76. The van der Waals surface area contributed by atoms with Gasteiger partial charge in [-0.05, 0) is 36.4 Å². The third kappa shape index (κ3) is 2.85. The summed E-state index contributed by atoms with van der Waals surface area (Å²) in [4.78, 5) is 16.2.